The number of ether oxygens (including phenoxy) is 3. The maximum absolute atomic E-state index is 13.3. The lowest BCUT2D eigenvalue weighted by Crippen LogP contribution is -2.37. The maximum atomic E-state index is 13.3. The summed E-state index contributed by atoms with van der Waals surface area (Å²) in [5.74, 6) is 1.94. The quantitative estimate of drug-likeness (QED) is 0.496. The van der Waals surface area contributed by atoms with Crippen molar-refractivity contribution in [2.75, 3.05) is 47.1 Å². The summed E-state index contributed by atoms with van der Waals surface area (Å²) >= 11 is 0. The second-order valence-corrected chi connectivity index (χ2v) is 8.05. The molecule has 0 saturated carbocycles. The van der Waals surface area contributed by atoms with Crippen molar-refractivity contribution < 1.29 is 27.4 Å². The van der Waals surface area contributed by atoms with Crippen LogP contribution >= 0.6 is 0 Å². The number of benzene rings is 2. The number of aryl methyl sites for hydroxylation is 1. The molecule has 0 unspecified atom stereocenters. The van der Waals surface area contributed by atoms with Gasteiger partial charge in [-0.25, -0.2) is 4.98 Å². The highest BCUT2D eigenvalue weighted by Gasteiger charge is 2.31. The van der Waals surface area contributed by atoms with Gasteiger partial charge in [-0.3, -0.25) is 4.90 Å². The normalized spacial score (nSPS) is 15.2. The third kappa shape index (κ3) is 5.42. The summed E-state index contributed by atoms with van der Waals surface area (Å²) in [6.45, 7) is 4.84. The lowest BCUT2D eigenvalue weighted by atomic mass is 10.1. The van der Waals surface area contributed by atoms with Crippen molar-refractivity contribution in [1.29, 1.82) is 0 Å². The zero-order chi connectivity index (χ0) is 23.4. The molecule has 9 heteroatoms. The highest BCUT2D eigenvalue weighted by atomic mass is 19.4. The van der Waals surface area contributed by atoms with Crippen LogP contribution in [0.25, 0.3) is 11.0 Å². The zero-order valence-electron chi connectivity index (χ0n) is 18.8. The molecular formula is C24H28F3N3O3. The number of methoxy groups -OCH3 is 2. The van der Waals surface area contributed by atoms with Gasteiger partial charge in [-0.2, -0.15) is 13.2 Å². The molecule has 0 radical (unpaired) electrons. The number of fused-ring (bicyclic) bond motifs is 1. The number of morpholine rings is 1. The molecule has 1 aromatic heterocycles. The van der Waals surface area contributed by atoms with Crippen LogP contribution in [-0.2, 0) is 23.9 Å². The first-order valence-corrected chi connectivity index (χ1v) is 11.0. The molecule has 1 aliphatic rings. The van der Waals surface area contributed by atoms with E-state index >= 15 is 0 Å². The second-order valence-electron chi connectivity index (χ2n) is 8.05. The number of halogens is 3. The van der Waals surface area contributed by atoms with Crippen LogP contribution in [0.5, 0.6) is 11.5 Å². The Morgan fingerprint density at radius 1 is 0.970 bits per heavy atom. The van der Waals surface area contributed by atoms with Crippen molar-refractivity contribution in [3.63, 3.8) is 0 Å². The predicted octanol–water partition coefficient (Wildman–Crippen LogP) is 4.39. The molecule has 0 amide bonds. The maximum Gasteiger partial charge on any atom is 0.416 e. The molecule has 178 valence electrons. The van der Waals surface area contributed by atoms with E-state index in [0.717, 1.165) is 62.8 Å². The molecule has 2 aromatic carbocycles. The summed E-state index contributed by atoms with van der Waals surface area (Å²) in [6.07, 6.45) is -3.07. The number of nitrogens with zero attached hydrogens (tertiary/aromatic N) is 3. The van der Waals surface area contributed by atoms with E-state index in [1.165, 1.54) is 6.07 Å². The van der Waals surface area contributed by atoms with Crippen LogP contribution in [0.4, 0.5) is 13.2 Å². The first kappa shape index (κ1) is 23.4. The SMILES string of the molecule is COc1ccc(Cc2nc3cc(C(F)(F)F)ccc3n2CCCN2CCOCC2)cc1OC. The van der Waals surface area contributed by atoms with Crippen LogP contribution in [0.2, 0.25) is 0 Å². The van der Waals surface area contributed by atoms with E-state index in [2.05, 4.69) is 9.88 Å². The monoisotopic (exact) mass is 463 g/mol. The van der Waals surface area contributed by atoms with Crippen molar-refractivity contribution in [3.05, 3.63) is 53.3 Å². The minimum atomic E-state index is -4.40. The Labute approximate surface area is 190 Å². The minimum Gasteiger partial charge on any atom is -0.493 e. The highest BCUT2D eigenvalue weighted by Crippen LogP contribution is 2.33. The molecule has 1 aliphatic heterocycles. The van der Waals surface area contributed by atoms with Gasteiger partial charge in [0.1, 0.15) is 5.82 Å². The van der Waals surface area contributed by atoms with E-state index < -0.39 is 11.7 Å². The standard InChI is InChI=1S/C24H28F3N3O3/c1-31-21-7-4-17(14-22(21)32-2)15-23-28-19-16-18(24(25,26)27)5-6-20(19)30(23)9-3-8-29-10-12-33-13-11-29/h4-7,14,16H,3,8-13,15H2,1-2H3. The summed E-state index contributed by atoms with van der Waals surface area (Å²) in [6, 6.07) is 9.39. The summed E-state index contributed by atoms with van der Waals surface area (Å²) in [4.78, 5) is 6.95. The molecule has 4 rings (SSSR count). The molecule has 1 saturated heterocycles. The molecule has 0 spiro atoms. The fourth-order valence-corrected chi connectivity index (χ4v) is 4.19. The van der Waals surface area contributed by atoms with Crippen molar-refractivity contribution in [2.45, 2.75) is 25.6 Å². The van der Waals surface area contributed by atoms with Crippen molar-refractivity contribution in [1.82, 2.24) is 14.5 Å². The van der Waals surface area contributed by atoms with Gasteiger partial charge >= 0.3 is 6.18 Å². The van der Waals surface area contributed by atoms with Gasteiger partial charge in [-0.05, 0) is 42.3 Å². The summed E-state index contributed by atoms with van der Waals surface area (Å²) < 4.78 is 57.9. The minimum absolute atomic E-state index is 0.353. The lowest BCUT2D eigenvalue weighted by Gasteiger charge is -2.26. The summed E-state index contributed by atoms with van der Waals surface area (Å²) in [7, 11) is 3.14. The number of hydrogen-bond acceptors (Lipinski definition) is 5. The molecule has 33 heavy (non-hydrogen) atoms. The van der Waals surface area contributed by atoms with Crippen molar-refractivity contribution in [3.8, 4) is 11.5 Å². The smallest absolute Gasteiger partial charge is 0.416 e. The molecule has 2 heterocycles. The van der Waals surface area contributed by atoms with Gasteiger partial charge in [0, 0.05) is 32.6 Å². The zero-order valence-corrected chi connectivity index (χ0v) is 18.8. The van der Waals surface area contributed by atoms with Gasteiger partial charge < -0.3 is 18.8 Å². The van der Waals surface area contributed by atoms with Gasteiger partial charge in [0.05, 0.1) is 44.0 Å². The van der Waals surface area contributed by atoms with E-state index in [9.17, 15) is 13.2 Å². The van der Waals surface area contributed by atoms with Crippen LogP contribution in [0.3, 0.4) is 0 Å². The number of imidazole rings is 1. The summed E-state index contributed by atoms with van der Waals surface area (Å²) in [5.41, 5.74) is 1.31. The first-order chi connectivity index (χ1) is 15.9. The Morgan fingerprint density at radius 3 is 2.42 bits per heavy atom. The fourth-order valence-electron chi connectivity index (χ4n) is 4.19. The lowest BCUT2D eigenvalue weighted by molar-refractivity contribution is -0.137. The molecule has 0 N–H and O–H groups in total. The second kappa shape index (κ2) is 10.0. The Bertz CT molecular complexity index is 1090. The average molecular weight is 464 g/mol. The fraction of sp³-hybridized carbons (Fsp3) is 0.458. The molecule has 3 aromatic rings. The van der Waals surface area contributed by atoms with E-state index in [4.69, 9.17) is 14.2 Å². The molecule has 0 aliphatic carbocycles. The first-order valence-electron chi connectivity index (χ1n) is 11.0. The van der Waals surface area contributed by atoms with E-state index in [-0.39, 0.29) is 0 Å². The third-order valence-corrected chi connectivity index (χ3v) is 5.92. The molecular weight excluding hydrogens is 435 g/mol. The van der Waals surface area contributed by atoms with Gasteiger partial charge in [0.2, 0.25) is 0 Å². The molecule has 0 atom stereocenters. The van der Waals surface area contributed by atoms with Gasteiger partial charge in [-0.1, -0.05) is 6.07 Å². The van der Waals surface area contributed by atoms with Gasteiger partial charge in [0.15, 0.2) is 11.5 Å². The number of rotatable bonds is 8. The van der Waals surface area contributed by atoms with Crippen LogP contribution in [-0.4, -0.2) is 61.5 Å². The Kier molecular flexibility index (Phi) is 7.09. The Hall–Kier alpha value is -2.78. The largest absolute Gasteiger partial charge is 0.493 e. The van der Waals surface area contributed by atoms with E-state index in [1.54, 1.807) is 14.2 Å². The molecule has 6 nitrogen and oxygen atoms in total. The third-order valence-electron chi connectivity index (χ3n) is 5.92. The Balaban J connectivity index is 1.63. The van der Waals surface area contributed by atoms with E-state index in [1.807, 2.05) is 22.8 Å². The predicted molar refractivity (Wildman–Crippen MR) is 119 cm³/mol. The number of aromatic nitrogens is 2. The number of hydrogen-bond donors (Lipinski definition) is 0. The van der Waals surface area contributed by atoms with Crippen LogP contribution in [0, 0.1) is 0 Å². The topological polar surface area (TPSA) is 48.8 Å². The molecule has 1 fully saturated rings. The molecule has 0 bridgehead atoms. The van der Waals surface area contributed by atoms with Crippen LogP contribution in [0.1, 0.15) is 23.4 Å². The van der Waals surface area contributed by atoms with Gasteiger partial charge in [0.25, 0.3) is 0 Å². The summed E-state index contributed by atoms with van der Waals surface area (Å²) in [5, 5.41) is 0. The average Bonchev–Trinajstić information content (AvgIpc) is 3.15. The highest BCUT2D eigenvalue weighted by molar-refractivity contribution is 5.77. The van der Waals surface area contributed by atoms with Gasteiger partial charge in [-0.15, -0.1) is 0 Å². The van der Waals surface area contributed by atoms with Crippen molar-refractivity contribution >= 4 is 11.0 Å². The number of alkyl halides is 3. The van der Waals surface area contributed by atoms with Crippen LogP contribution in [0.15, 0.2) is 36.4 Å². The van der Waals surface area contributed by atoms with Crippen molar-refractivity contribution in [2.24, 2.45) is 0 Å². The Morgan fingerprint density at radius 2 is 1.73 bits per heavy atom. The van der Waals surface area contributed by atoms with E-state index in [0.29, 0.717) is 35.5 Å². The van der Waals surface area contributed by atoms with Crippen LogP contribution < -0.4 is 9.47 Å².